The first-order valence-corrected chi connectivity index (χ1v) is 5.90. The molecule has 5 nitrogen and oxygen atoms in total. The van der Waals surface area contributed by atoms with Crippen molar-refractivity contribution >= 4 is 15.9 Å². The van der Waals surface area contributed by atoms with E-state index in [-0.39, 0.29) is 11.6 Å². The lowest BCUT2D eigenvalue weighted by atomic mass is 10.1. The Hall–Kier alpha value is -0.590. The van der Waals surface area contributed by atoms with Gasteiger partial charge in [0.25, 0.3) is 5.56 Å². The third-order valence-corrected chi connectivity index (χ3v) is 3.51. The van der Waals surface area contributed by atoms with Crippen molar-refractivity contribution in [3.05, 3.63) is 20.5 Å². The molecule has 84 valence electrons. The summed E-state index contributed by atoms with van der Waals surface area (Å²) >= 11 is 3.36. The number of hydrogen-bond acceptors (Lipinski definition) is 3. The van der Waals surface area contributed by atoms with E-state index in [0.717, 1.165) is 36.3 Å². The summed E-state index contributed by atoms with van der Waals surface area (Å²) in [6.07, 6.45) is 0. The van der Waals surface area contributed by atoms with Crippen LogP contribution in [0.5, 0.6) is 0 Å². The lowest BCUT2D eigenvalue weighted by Crippen LogP contribution is -2.45. The van der Waals surface area contributed by atoms with Crippen molar-refractivity contribution in [3.8, 4) is 0 Å². The van der Waals surface area contributed by atoms with Crippen LogP contribution in [0.4, 0.5) is 0 Å². The van der Waals surface area contributed by atoms with E-state index in [4.69, 9.17) is 0 Å². The van der Waals surface area contributed by atoms with Gasteiger partial charge in [0.1, 0.15) is 4.60 Å². The molecule has 3 N–H and O–H groups in total. The molecule has 1 aromatic rings. The van der Waals surface area contributed by atoms with Crippen molar-refractivity contribution in [1.29, 1.82) is 0 Å². The predicted octanol–water partition coefficient (Wildman–Crippen LogP) is 0.432. The summed E-state index contributed by atoms with van der Waals surface area (Å²) in [7, 11) is 0. The fourth-order valence-electron chi connectivity index (χ4n) is 1.97. The van der Waals surface area contributed by atoms with Crippen molar-refractivity contribution in [2.45, 2.75) is 13.0 Å². The summed E-state index contributed by atoms with van der Waals surface area (Å²) in [4.78, 5) is 13.9. The summed E-state index contributed by atoms with van der Waals surface area (Å²) in [5.74, 6) is 0. The molecule has 0 bridgehead atoms. The van der Waals surface area contributed by atoms with E-state index in [2.05, 4.69) is 43.3 Å². The second kappa shape index (κ2) is 4.51. The van der Waals surface area contributed by atoms with E-state index in [0.29, 0.717) is 0 Å². The van der Waals surface area contributed by atoms with E-state index in [1.807, 2.05) is 0 Å². The fraction of sp³-hybridized carbons (Fsp3) is 0.667. The van der Waals surface area contributed by atoms with Gasteiger partial charge >= 0.3 is 0 Å². The molecule has 1 atom stereocenters. The zero-order valence-corrected chi connectivity index (χ0v) is 10.2. The van der Waals surface area contributed by atoms with Crippen LogP contribution in [-0.4, -0.2) is 41.3 Å². The molecule has 0 saturated carbocycles. The van der Waals surface area contributed by atoms with Gasteiger partial charge in [-0.3, -0.25) is 19.9 Å². The number of H-pyrrole nitrogens is 2. The van der Waals surface area contributed by atoms with Crippen molar-refractivity contribution in [2.24, 2.45) is 0 Å². The number of aromatic amines is 2. The van der Waals surface area contributed by atoms with Crippen LogP contribution in [0.3, 0.4) is 0 Å². The lowest BCUT2D eigenvalue weighted by molar-refractivity contribution is 0.184. The average Bonchev–Trinajstić information content (AvgIpc) is 2.59. The van der Waals surface area contributed by atoms with Crippen LogP contribution in [0.1, 0.15) is 18.5 Å². The molecule has 1 aromatic heterocycles. The molecule has 2 heterocycles. The van der Waals surface area contributed by atoms with Gasteiger partial charge in [-0.25, -0.2) is 0 Å². The summed E-state index contributed by atoms with van der Waals surface area (Å²) in [5, 5.41) is 8.68. The zero-order valence-electron chi connectivity index (χ0n) is 8.64. The molecule has 0 aliphatic carbocycles. The minimum absolute atomic E-state index is 0.0343. The highest BCUT2D eigenvalue weighted by Gasteiger charge is 2.23. The zero-order chi connectivity index (χ0) is 10.8. The molecule has 1 fully saturated rings. The normalized spacial score (nSPS) is 20.4. The van der Waals surface area contributed by atoms with Crippen LogP contribution in [0, 0.1) is 0 Å². The first-order valence-electron chi connectivity index (χ1n) is 5.11. The van der Waals surface area contributed by atoms with Crippen LogP contribution in [-0.2, 0) is 0 Å². The molecular formula is C9H15BrN4O. The molecular weight excluding hydrogens is 260 g/mol. The second-order valence-electron chi connectivity index (χ2n) is 3.77. The fourth-order valence-corrected chi connectivity index (χ4v) is 2.58. The maximum absolute atomic E-state index is 11.6. The van der Waals surface area contributed by atoms with Crippen molar-refractivity contribution in [1.82, 2.24) is 20.4 Å². The number of piperazine rings is 1. The number of nitrogens with zero attached hydrogens (tertiary/aromatic N) is 1. The van der Waals surface area contributed by atoms with Gasteiger partial charge < -0.3 is 5.32 Å². The average molecular weight is 275 g/mol. The number of halogens is 1. The molecule has 0 aromatic carbocycles. The number of nitrogens with one attached hydrogen (secondary N) is 3. The molecule has 0 radical (unpaired) electrons. The van der Waals surface area contributed by atoms with Crippen LogP contribution in [0.15, 0.2) is 9.40 Å². The second-order valence-corrected chi connectivity index (χ2v) is 4.56. The molecule has 1 aliphatic rings. The molecule has 2 rings (SSSR count). The Morgan fingerprint density at radius 2 is 2.00 bits per heavy atom. The van der Waals surface area contributed by atoms with Crippen LogP contribution in [0.2, 0.25) is 0 Å². The Morgan fingerprint density at radius 3 is 2.53 bits per heavy atom. The number of hydrogen-bond donors (Lipinski definition) is 3. The Labute approximate surface area is 96.4 Å². The Balaban J connectivity index is 2.19. The Bertz CT molecular complexity index is 380. The Morgan fingerprint density at radius 1 is 1.33 bits per heavy atom. The van der Waals surface area contributed by atoms with E-state index < -0.39 is 0 Å². The van der Waals surface area contributed by atoms with Crippen molar-refractivity contribution in [2.75, 3.05) is 26.2 Å². The Kier molecular flexibility index (Phi) is 3.28. The monoisotopic (exact) mass is 274 g/mol. The summed E-state index contributed by atoms with van der Waals surface area (Å²) in [6, 6.07) is 0.150. The van der Waals surface area contributed by atoms with E-state index in [1.54, 1.807) is 0 Å². The molecule has 1 unspecified atom stereocenters. The number of aromatic nitrogens is 2. The largest absolute Gasteiger partial charge is 0.314 e. The van der Waals surface area contributed by atoms with Gasteiger partial charge in [-0.05, 0) is 22.9 Å². The SMILES string of the molecule is CC(c1c(Br)[nH][nH]c1=O)N1CCNCC1. The first-order chi connectivity index (χ1) is 7.20. The predicted molar refractivity (Wildman–Crippen MR) is 62.0 cm³/mol. The van der Waals surface area contributed by atoms with E-state index in [9.17, 15) is 4.79 Å². The topological polar surface area (TPSA) is 63.9 Å². The number of rotatable bonds is 2. The van der Waals surface area contributed by atoms with E-state index in [1.165, 1.54) is 0 Å². The minimum Gasteiger partial charge on any atom is -0.314 e. The first kappa shape index (κ1) is 10.9. The molecule has 0 spiro atoms. The van der Waals surface area contributed by atoms with Gasteiger partial charge in [-0.15, -0.1) is 0 Å². The van der Waals surface area contributed by atoms with Gasteiger partial charge in [0.2, 0.25) is 0 Å². The van der Waals surface area contributed by atoms with Gasteiger partial charge in [-0.1, -0.05) is 0 Å². The van der Waals surface area contributed by atoms with Crippen molar-refractivity contribution in [3.63, 3.8) is 0 Å². The molecule has 0 amide bonds. The highest BCUT2D eigenvalue weighted by atomic mass is 79.9. The molecule has 1 aliphatic heterocycles. The smallest absolute Gasteiger partial charge is 0.269 e. The minimum atomic E-state index is -0.0343. The highest BCUT2D eigenvalue weighted by molar-refractivity contribution is 9.10. The van der Waals surface area contributed by atoms with Gasteiger partial charge in [0.15, 0.2) is 0 Å². The van der Waals surface area contributed by atoms with Gasteiger partial charge in [-0.2, -0.15) is 0 Å². The van der Waals surface area contributed by atoms with E-state index >= 15 is 0 Å². The third kappa shape index (κ3) is 2.16. The van der Waals surface area contributed by atoms with Crippen LogP contribution < -0.4 is 10.9 Å². The quantitative estimate of drug-likeness (QED) is 0.733. The van der Waals surface area contributed by atoms with Crippen molar-refractivity contribution < 1.29 is 0 Å². The molecule has 15 heavy (non-hydrogen) atoms. The van der Waals surface area contributed by atoms with Crippen LogP contribution in [0.25, 0.3) is 0 Å². The lowest BCUT2D eigenvalue weighted by Gasteiger charge is -2.32. The van der Waals surface area contributed by atoms with Gasteiger partial charge in [0, 0.05) is 32.2 Å². The standard InChI is InChI=1S/C9H15BrN4O/c1-6(14-4-2-11-3-5-14)7-8(10)12-13-9(7)15/h6,11H,2-5H2,1H3,(H2,12,13,15). The molecule has 6 heteroatoms. The highest BCUT2D eigenvalue weighted by Crippen LogP contribution is 2.22. The summed E-state index contributed by atoms with van der Waals surface area (Å²) < 4.78 is 0.763. The van der Waals surface area contributed by atoms with Gasteiger partial charge in [0.05, 0.1) is 5.56 Å². The maximum atomic E-state index is 11.6. The third-order valence-electron chi connectivity index (χ3n) is 2.88. The molecule has 1 saturated heterocycles. The van der Waals surface area contributed by atoms with Crippen LogP contribution >= 0.6 is 15.9 Å². The maximum Gasteiger partial charge on any atom is 0.269 e. The summed E-state index contributed by atoms with van der Waals surface area (Å²) in [6.45, 7) is 6.01. The summed E-state index contributed by atoms with van der Waals surface area (Å²) in [5.41, 5.74) is 0.754.